The SMILES string of the molecule is CC(C)(C)NC(=O)CNC(=O)C(N)CC(=O)O. The predicted molar refractivity (Wildman–Crippen MR) is 61.1 cm³/mol. The maximum Gasteiger partial charge on any atom is 0.305 e. The van der Waals surface area contributed by atoms with Crippen molar-refractivity contribution in [3.05, 3.63) is 0 Å². The lowest BCUT2D eigenvalue weighted by atomic mass is 10.1. The van der Waals surface area contributed by atoms with Gasteiger partial charge in [-0.25, -0.2) is 0 Å². The lowest BCUT2D eigenvalue weighted by Crippen LogP contribution is -2.49. The molecule has 1 atom stereocenters. The van der Waals surface area contributed by atoms with Gasteiger partial charge in [-0.3, -0.25) is 14.4 Å². The summed E-state index contributed by atoms with van der Waals surface area (Å²) < 4.78 is 0. The topological polar surface area (TPSA) is 122 Å². The molecule has 7 nitrogen and oxygen atoms in total. The summed E-state index contributed by atoms with van der Waals surface area (Å²) in [5.74, 6) is -2.17. The van der Waals surface area contributed by atoms with E-state index in [0.717, 1.165) is 0 Å². The molecular formula is C10H19N3O4. The highest BCUT2D eigenvalue weighted by Gasteiger charge is 2.19. The zero-order chi connectivity index (χ0) is 13.6. The highest BCUT2D eigenvalue weighted by molar-refractivity contribution is 5.89. The Morgan fingerprint density at radius 1 is 1.29 bits per heavy atom. The fourth-order valence-electron chi connectivity index (χ4n) is 1.04. The summed E-state index contributed by atoms with van der Waals surface area (Å²) in [6.07, 6.45) is -0.466. The maximum absolute atomic E-state index is 11.3. The molecule has 0 spiro atoms. The van der Waals surface area contributed by atoms with Gasteiger partial charge in [0.25, 0.3) is 0 Å². The Hall–Kier alpha value is -1.63. The fraction of sp³-hybridized carbons (Fsp3) is 0.700. The number of carbonyl (C=O) groups is 3. The molecule has 0 aliphatic rings. The van der Waals surface area contributed by atoms with E-state index in [1.54, 1.807) is 0 Å². The van der Waals surface area contributed by atoms with Crippen LogP contribution in [0.1, 0.15) is 27.2 Å². The van der Waals surface area contributed by atoms with Gasteiger partial charge in [0.15, 0.2) is 0 Å². The number of carbonyl (C=O) groups excluding carboxylic acids is 2. The molecule has 0 saturated heterocycles. The first-order valence-corrected chi connectivity index (χ1v) is 5.18. The summed E-state index contributed by atoms with van der Waals surface area (Å²) in [7, 11) is 0. The highest BCUT2D eigenvalue weighted by Crippen LogP contribution is 1.97. The molecule has 7 heteroatoms. The molecule has 1 unspecified atom stereocenters. The summed E-state index contributed by atoms with van der Waals surface area (Å²) in [5.41, 5.74) is 4.92. The first kappa shape index (κ1) is 15.4. The first-order chi connectivity index (χ1) is 7.61. The third kappa shape index (κ3) is 8.21. The van der Waals surface area contributed by atoms with E-state index in [-0.39, 0.29) is 18.0 Å². The van der Waals surface area contributed by atoms with E-state index in [1.807, 2.05) is 20.8 Å². The van der Waals surface area contributed by atoms with Crippen molar-refractivity contribution in [3.63, 3.8) is 0 Å². The molecule has 0 saturated carbocycles. The number of carboxylic acids is 1. The van der Waals surface area contributed by atoms with E-state index < -0.39 is 24.3 Å². The van der Waals surface area contributed by atoms with Crippen LogP contribution >= 0.6 is 0 Å². The number of nitrogens with two attached hydrogens (primary N) is 1. The van der Waals surface area contributed by atoms with Crippen molar-refractivity contribution in [3.8, 4) is 0 Å². The van der Waals surface area contributed by atoms with Crippen molar-refractivity contribution >= 4 is 17.8 Å². The Kier molecular flexibility index (Phi) is 5.60. The summed E-state index contributed by atoms with van der Waals surface area (Å²) in [4.78, 5) is 32.9. The molecule has 98 valence electrons. The molecule has 0 heterocycles. The highest BCUT2D eigenvalue weighted by atomic mass is 16.4. The molecule has 17 heavy (non-hydrogen) atoms. The lowest BCUT2D eigenvalue weighted by Gasteiger charge is -2.20. The molecule has 0 aliphatic heterocycles. The fourth-order valence-corrected chi connectivity index (χ4v) is 1.04. The molecule has 0 aromatic rings. The largest absolute Gasteiger partial charge is 0.481 e. The van der Waals surface area contributed by atoms with Crippen LogP contribution in [-0.4, -0.2) is 41.0 Å². The van der Waals surface area contributed by atoms with Gasteiger partial charge < -0.3 is 21.5 Å². The van der Waals surface area contributed by atoms with Gasteiger partial charge in [0.2, 0.25) is 11.8 Å². The molecule has 0 radical (unpaired) electrons. The van der Waals surface area contributed by atoms with Gasteiger partial charge in [0.1, 0.15) is 0 Å². The van der Waals surface area contributed by atoms with Crippen molar-refractivity contribution in [2.75, 3.05) is 6.54 Å². The second-order valence-electron chi connectivity index (χ2n) is 4.72. The summed E-state index contributed by atoms with van der Waals surface area (Å²) in [6.45, 7) is 5.21. The van der Waals surface area contributed by atoms with Crippen LogP contribution in [0, 0.1) is 0 Å². The number of carboxylic acid groups (broad SMARTS) is 1. The Morgan fingerprint density at radius 3 is 2.24 bits per heavy atom. The van der Waals surface area contributed by atoms with Gasteiger partial charge in [0.05, 0.1) is 19.0 Å². The van der Waals surface area contributed by atoms with Gasteiger partial charge in [-0.05, 0) is 20.8 Å². The number of nitrogens with one attached hydrogen (secondary N) is 2. The van der Waals surface area contributed by atoms with Gasteiger partial charge in [0, 0.05) is 5.54 Å². The minimum absolute atomic E-state index is 0.219. The number of hydrogen-bond donors (Lipinski definition) is 4. The van der Waals surface area contributed by atoms with Crippen LogP contribution < -0.4 is 16.4 Å². The average molecular weight is 245 g/mol. The third-order valence-electron chi connectivity index (χ3n) is 1.67. The summed E-state index contributed by atoms with van der Waals surface area (Å²) in [6, 6.07) is -1.14. The van der Waals surface area contributed by atoms with E-state index in [0.29, 0.717) is 0 Å². The summed E-state index contributed by atoms with van der Waals surface area (Å²) in [5, 5.41) is 13.3. The van der Waals surface area contributed by atoms with Crippen LogP contribution in [0.3, 0.4) is 0 Å². The van der Waals surface area contributed by atoms with Gasteiger partial charge in [-0.1, -0.05) is 0 Å². The second-order valence-corrected chi connectivity index (χ2v) is 4.72. The van der Waals surface area contributed by atoms with Crippen molar-refractivity contribution < 1.29 is 19.5 Å². The van der Waals surface area contributed by atoms with Crippen molar-refractivity contribution in [1.82, 2.24) is 10.6 Å². The van der Waals surface area contributed by atoms with Crippen LogP contribution in [0.5, 0.6) is 0 Å². The Balaban J connectivity index is 4.00. The second kappa shape index (κ2) is 6.19. The smallest absolute Gasteiger partial charge is 0.305 e. The number of amides is 2. The Bertz CT molecular complexity index is 309. The van der Waals surface area contributed by atoms with Crippen molar-refractivity contribution in [2.24, 2.45) is 5.73 Å². The van der Waals surface area contributed by atoms with Gasteiger partial charge in [-0.15, -0.1) is 0 Å². The standard InChI is InChI=1S/C10H19N3O4/c1-10(2,3)13-7(14)5-12-9(17)6(11)4-8(15)16/h6H,4-5,11H2,1-3H3,(H,12,17)(H,13,14)(H,15,16). The minimum atomic E-state index is -1.16. The van der Waals surface area contributed by atoms with E-state index >= 15 is 0 Å². The molecule has 0 aromatic heterocycles. The number of aliphatic carboxylic acids is 1. The average Bonchev–Trinajstić information content (AvgIpc) is 2.10. The Labute approximate surface area is 99.7 Å². The third-order valence-corrected chi connectivity index (χ3v) is 1.67. The number of rotatable bonds is 5. The van der Waals surface area contributed by atoms with Crippen LogP contribution in [0.15, 0.2) is 0 Å². The molecule has 0 aromatic carbocycles. The van der Waals surface area contributed by atoms with E-state index in [1.165, 1.54) is 0 Å². The van der Waals surface area contributed by atoms with Crippen molar-refractivity contribution in [2.45, 2.75) is 38.8 Å². The summed E-state index contributed by atoms with van der Waals surface area (Å²) >= 11 is 0. The zero-order valence-electron chi connectivity index (χ0n) is 10.2. The monoisotopic (exact) mass is 245 g/mol. The first-order valence-electron chi connectivity index (χ1n) is 5.18. The zero-order valence-corrected chi connectivity index (χ0v) is 10.2. The predicted octanol–water partition coefficient (Wildman–Crippen LogP) is -1.18. The Morgan fingerprint density at radius 2 is 1.82 bits per heavy atom. The van der Waals surface area contributed by atoms with Gasteiger partial charge in [-0.2, -0.15) is 0 Å². The maximum atomic E-state index is 11.3. The number of hydrogen-bond acceptors (Lipinski definition) is 4. The molecule has 2 amide bonds. The van der Waals surface area contributed by atoms with Crippen LogP contribution in [0.25, 0.3) is 0 Å². The van der Waals surface area contributed by atoms with E-state index in [9.17, 15) is 14.4 Å². The van der Waals surface area contributed by atoms with Crippen molar-refractivity contribution in [1.29, 1.82) is 0 Å². The van der Waals surface area contributed by atoms with Crippen LogP contribution in [0.4, 0.5) is 0 Å². The minimum Gasteiger partial charge on any atom is -0.481 e. The molecule has 0 aliphatic carbocycles. The van der Waals surface area contributed by atoms with E-state index in [2.05, 4.69) is 10.6 Å². The lowest BCUT2D eigenvalue weighted by molar-refractivity contribution is -0.139. The molecule has 5 N–H and O–H groups in total. The van der Waals surface area contributed by atoms with E-state index in [4.69, 9.17) is 10.8 Å². The quantitative estimate of drug-likeness (QED) is 0.485. The normalized spacial score (nSPS) is 12.7. The molecule has 0 bridgehead atoms. The van der Waals surface area contributed by atoms with Gasteiger partial charge >= 0.3 is 5.97 Å². The van der Waals surface area contributed by atoms with Crippen LogP contribution in [0.2, 0.25) is 0 Å². The van der Waals surface area contributed by atoms with Crippen LogP contribution in [-0.2, 0) is 14.4 Å². The molecule has 0 rings (SSSR count). The molecule has 0 fully saturated rings. The molecular weight excluding hydrogens is 226 g/mol.